The van der Waals surface area contributed by atoms with E-state index in [9.17, 15) is 4.79 Å². The molecule has 1 spiro atoms. The number of carbonyl (C=O) groups excluding carboxylic acids is 1. The van der Waals surface area contributed by atoms with Crippen molar-refractivity contribution >= 4 is 5.97 Å². The highest BCUT2D eigenvalue weighted by molar-refractivity contribution is 5.90. The van der Waals surface area contributed by atoms with Crippen LogP contribution in [0.1, 0.15) is 39.5 Å². The first kappa shape index (κ1) is 13.1. The zero-order chi connectivity index (χ0) is 13.7. The molecule has 0 radical (unpaired) electrons. The molecule has 4 nitrogen and oxygen atoms in total. The van der Waals surface area contributed by atoms with E-state index in [0.29, 0.717) is 19.1 Å². The average molecular weight is 266 g/mol. The van der Waals surface area contributed by atoms with Gasteiger partial charge in [0.15, 0.2) is 5.79 Å². The molecule has 3 aliphatic rings. The maximum absolute atomic E-state index is 11.9. The molecule has 1 saturated carbocycles. The summed E-state index contributed by atoms with van der Waals surface area (Å²) in [5.74, 6) is -0.194. The lowest BCUT2D eigenvalue weighted by Gasteiger charge is -2.45. The molecule has 4 heteroatoms. The second-order valence-electron chi connectivity index (χ2n) is 6.35. The maximum atomic E-state index is 11.9. The van der Waals surface area contributed by atoms with Gasteiger partial charge in [0, 0.05) is 18.4 Å². The van der Waals surface area contributed by atoms with Crippen LogP contribution >= 0.6 is 0 Å². The molecule has 2 fully saturated rings. The van der Waals surface area contributed by atoms with Crippen LogP contribution < -0.4 is 0 Å². The summed E-state index contributed by atoms with van der Waals surface area (Å²) in [5.41, 5.74) is 2.20. The van der Waals surface area contributed by atoms with Gasteiger partial charge < -0.3 is 14.2 Å². The molecular weight excluding hydrogens is 244 g/mol. The van der Waals surface area contributed by atoms with E-state index in [0.717, 1.165) is 31.3 Å². The Bertz CT molecular complexity index is 433. The van der Waals surface area contributed by atoms with E-state index in [1.807, 2.05) is 0 Å². The van der Waals surface area contributed by atoms with Gasteiger partial charge in [0.25, 0.3) is 0 Å². The second kappa shape index (κ2) is 4.32. The lowest BCUT2D eigenvalue weighted by molar-refractivity contribution is -0.199. The largest absolute Gasteiger partial charge is 0.466 e. The van der Waals surface area contributed by atoms with Gasteiger partial charge in [-0.2, -0.15) is 0 Å². The molecule has 2 aliphatic carbocycles. The van der Waals surface area contributed by atoms with Crippen molar-refractivity contribution in [1.29, 1.82) is 0 Å². The average Bonchev–Trinajstić information content (AvgIpc) is 2.96. The smallest absolute Gasteiger partial charge is 0.333 e. The molecule has 0 aromatic carbocycles. The number of hydrogen-bond donors (Lipinski definition) is 0. The Morgan fingerprint density at radius 3 is 2.63 bits per heavy atom. The molecule has 1 aliphatic heterocycles. The van der Waals surface area contributed by atoms with Crippen LogP contribution in [0.3, 0.4) is 0 Å². The van der Waals surface area contributed by atoms with E-state index in [1.54, 1.807) is 0 Å². The number of hydrogen-bond acceptors (Lipinski definition) is 4. The highest BCUT2D eigenvalue weighted by Gasteiger charge is 2.54. The molecule has 2 atom stereocenters. The van der Waals surface area contributed by atoms with Crippen LogP contribution in [0.15, 0.2) is 11.1 Å². The zero-order valence-corrected chi connectivity index (χ0v) is 12.0. The molecule has 0 aromatic rings. The van der Waals surface area contributed by atoms with Crippen LogP contribution in [-0.2, 0) is 19.0 Å². The third-order valence-corrected chi connectivity index (χ3v) is 5.26. The summed E-state index contributed by atoms with van der Waals surface area (Å²) in [6, 6.07) is 0. The minimum absolute atomic E-state index is 0.161. The van der Waals surface area contributed by atoms with Crippen molar-refractivity contribution in [2.24, 2.45) is 11.3 Å². The predicted octanol–water partition coefficient (Wildman–Crippen LogP) is 2.43. The van der Waals surface area contributed by atoms with Gasteiger partial charge >= 0.3 is 5.97 Å². The zero-order valence-electron chi connectivity index (χ0n) is 12.0. The van der Waals surface area contributed by atoms with Gasteiger partial charge in [-0.15, -0.1) is 0 Å². The number of methoxy groups -OCH3 is 1. The van der Waals surface area contributed by atoms with Crippen molar-refractivity contribution in [3.05, 3.63) is 11.1 Å². The van der Waals surface area contributed by atoms with Crippen molar-refractivity contribution in [3.8, 4) is 0 Å². The summed E-state index contributed by atoms with van der Waals surface area (Å²) in [6.07, 6.45) is 3.67. The molecule has 106 valence electrons. The van der Waals surface area contributed by atoms with Gasteiger partial charge in [-0.05, 0) is 31.1 Å². The minimum atomic E-state index is -0.392. The number of ether oxygens (including phenoxy) is 3. The standard InChI is InChI=1S/C15H22O4/c1-10-11(13(16)17-3)8-14(2)4-5-15(9-12(10)14)18-6-7-19-15/h12H,4-9H2,1-3H3/t12-,14-/m1/s1. The van der Waals surface area contributed by atoms with E-state index in [1.165, 1.54) is 12.7 Å². The molecule has 0 unspecified atom stereocenters. The summed E-state index contributed by atoms with van der Waals surface area (Å²) in [4.78, 5) is 11.9. The summed E-state index contributed by atoms with van der Waals surface area (Å²) in [6.45, 7) is 5.72. The Kier molecular flexibility index (Phi) is 2.98. The normalized spacial score (nSPS) is 36.7. The van der Waals surface area contributed by atoms with Crippen molar-refractivity contribution in [2.75, 3.05) is 20.3 Å². The lowest BCUT2D eigenvalue weighted by atomic mass is 9.65. The van der Waals surface area contributed by atoms with Gasteiger partial charge in [0.05, 0.1) is 20.3 Å². The van der Waals surface area contributed by atoms with E-state index >= 15 is 0 Å². The monoisotopic (exact) mass is 266 g/mol. The third kappa shape index (κ3) is 1.93. The number of esters is 1. The van der Waals surface area contributed by atoms with E-state index in [2.05, 4.69) is 13.8 Å². The van der Waals surface area contributed by atoms with Crippen LogP contribution in [0.5, 0.6) is 0 Å². The Morgan fingerprint density at radius 1 is 1.32 bits per heavy atom. The fraction of sp³-hybridized carbons (Fsp3) is 0.800. The van der Waals surface area contributed by atoms with Gasteiger partial charge in [-0.25, -0.2) is 4.79 Å². The summed E-state index contributed by atoms with van der Waals surface area (Å²) >= 11 is 0. The van der Waals surface area contributed by atoms with Crippen molar-refractivity contribution in [3.63, 3.8) is 0 Å². The number of allylic oxidation sites excluding steroid dienone is 1. The molecular formula is C15H22O4. The van der Waals surface area contributed by atoms with Crippen molar-refractivity contribution in [2.45, 2.75) is 45.3 Å². The van der Waals surface area contributed by atoms with Crippen LogP contribution in [0.25, 0.3) is 0 Å². The Balaban J connectivity index is 1.88. The van der Waals surface area contributed by atoms with Gasteiger partial charge in [-0.1, -0.05) is 12.5 Å². The highest BCUT2D eigenvalue weighted by Crippen LogP contribution is 2.58. The van der Waals surface area contributed by atoms with Crippen LogP contribution in [0.2, 0.25) is 0 Å². The summed E-state index contributed by atoms with van der Waals surface area (Å²) in [7, 11) is 1.46. The molecule has 19 heavy (non-hydrogen) atoms. The van der Waals surface area contributed by atoms with E-state index < -0.39 is 5.79 Å². The van der Waals surface area contributed by atoms with Gasteiger partial charge in [0.1, 0.15) is 0 Å². The molecule has 0 amide bonds. The Labute approximate surface area is 114 Å². The van der Waals surface area contributed by atoms with Crippen molar-refractivity contribution < 1.29 is 19.0 Å². The van der Waals surface area contributed by atoms with Crippen LogP contribution in [0.4, 0.5) is 0 Å². The fourth-order valence-electron chi connectivity index (χ4n) is 4.07. The van der Waals surface area contributed by atoms with Crippen LogP contribution in [0, 0.1) is 11.3 Å². The number of carbonyl (C=O) groups is 1. The fourth-order valence-corrected chi connectivity index (χ4v) is 4.07. The van der Waals surface area contributed by atoms with Crippen LogP contribution in [-0.4, -0.2) is 32.1 Å². The first-order valence-corrected chi connectivity index (χ1v) is 7.06. The first-order chi connectivity index (χ1) is 9.00. The van der Waals surface area contributed by atoms with Crippen molar-refractivity contribution in [1.82, 2.24) is 0 Å². The minimum Gasteiger partial charge on any atom is -0.466 e. The number of rotatable bonds is 1. The number of fused-ring (bicyclic) bond motifs is 1. The summed E-state index contributed by atoms with van der Waals surface area (Å²) < 4.78 is 16.6. The first-order valence-electron chi connectivity index (χ1n) is 7.06. The SMILES string of the molecule is COC(=O)C1=C(C)[C@H]2CC3(CC[C@]2(C)C1)OCCO3. The molecule has 1 saturated heterocycles. The summed E-state index contributed by atoms with van der Waals surface area (Å²) in [5, 5.41) is 0. The van der Waals surface area contributed by atoms with E-state index in [-0.39, 0.29) is 11.4 Å². The van der Waals surface area contributed by atoms with E-state index in [4.69, 9.17) is 14.2 Å². The Morgan fingerprint density at radius 2 is 2.00 bits per heavy atom. The molecule has 1 heterocycles. The second-order valence-corrected chi connectivity index (χ2v) is 6.35. The molecule has 0 bridgehead atoms. The Hall–Kier alpha value is -0.870. The quantitative estimate of drug-likeness (QED) is 0.684. The third-order valence-electron chi connectivity index (χ3n) is 5.26. The molecule has 0 N–H and O–H groups in total. The molecule has 0 aromatic heterocycles. The molecule has 3 rings (SSSR count). The highest BCUT2D eigenvalue weighted by atomic mass is 16.7. The maximum Gasteiger partial charge on any atom is 0.333 e. The van der Waals surface area contributed by atoms with Gasteiger partial charge in [-0.3, -0.25) is 0 Å². The topological polar surface area (TPSA) is 44.8 Å². The predicted molar refractivity (Wildman–Crippen MR) is 69.4 cm³/mol. The lowest BCUT2D eigenvalue weighted by Crippen LogP contribution is -2.43. The van der Waals surface area contributed by atoms with Gasteiger partial charge in [0.2, 0.25) is 0 Å².